The molecule has 1 N–H and O–H groups in total. The molecule has 0 aliphatic carbocycles. The van der Waals surface area contributed by atoms with Crippen molar-refractivity contribution in [2.45, 2.75) is 57.6 Å². The molecule has 1 aromatic rings. The van der Waals surface area contributed by atoms with E-state index in [0.717, 1.165) is 31.7 Å². The number of nitrogens with zero attached hydrogens (tertiary/aromatic N) is 2. The first-order valence-electron chi connectivity index (χ1n) is 6.79. The molecular weight excluding hydrogens is 230 g/mol. The molecule has 0 bridgehead atoms. The van der Waals surface area contributed by atoms with Crippen LogP contribution in [0.25, 0.3) is 0 Å². The van der Waals surface area contributed by atoms with Crippen molar-refractivity contribution in [3.8, 4) is 0 Å². The van der Waals surface area contributed by atoms with Gasteiger partial charge in [0, 0.05) is 13.2 Å². The van der Waals surface area contributed by atoms with Crippen LogP contribution in [-0.4, -0.2) is 29.8 Å². The summed E-state index contributed by atoms with van der Waals surface area (Å²) in [6, 6.07) is 0.401. The molecule has 0 aromatic carbocycles. The smallest absolute Gasteiger partial charge is 0.231 e. The molecule has 0 amide bonds. The minimum atomic E-state index is -0.406. The van der Waals surface area contributed by atoms with Crippen LogP contribution < -0.4 is 5.32 Å². The number of hydrogen-bond donors (Lipinski definition) is 1. The predicted octanol–water partition coefficient (Wildman–Crippen LogP) is 2.20. The first-order valence-corrected chi connectivity index (χ1v) is 6.79. The van der Waals surface area contributed by atoms with Gasteiger partial charge in [-0.1, -0.05) is 19.0 Å². The molecule has 0 saturated carbocycles. The van der Waals surface area contributed by atoms with E-state index < -0.39 is 5.60 Å². The van der Waals surface area contributed by atoms with Crippen molar-refractivity contribution in [3.05, 3.63) is 11.7 Å². The molecule has 1 aliphatic rings. The monoisotopic (exact) mass is 253 g/mol. The zero-order valence-corrected chi connectivity index (χ0v) is 11.7. The Balaban J connectivity index is 2.24. The summed E-state index contributed by atoms with van der Waals surface area (Å²) in [5.41, 5.74) is -0.406. The molecule has 5 heteroatoms. The Morgan fingerprint density at radius 2 is 2.17 bits per heavy atom. The van der Waals surface area contributed by atoms with Crippen molar-refractivity contribution in [1.29, 1.82) is 0 Å². The fraction of sp³-hybridized carbons (Fsp3) is 0.846. The van der Waals surface area contributed by atoms with Crippen molar-refractivity contribution < 1.29 is 9.26 Å². The lowest BCUT2D eigenvalue weighted by molar-refractivity contribution is -0.0306. The van der Waals surface area contributed by atoms with E-state index in [0.29, 0.717) is 17.8 Å². The van der Waals surface area contributed by atoms with Crippen LogP contribution in [0.4, 0.5) is 0 Å². The van der Waals surface area contributed by atoms with Crippen LogP contribution in [-0.2, 0) is 10.3 Å². The maximum Gasteiger partial charge on any atom is 0.231 e. The third-order valence-electron chi connectivity index (χ3n) is 4.22. The summed E-state index contributed by atoms with van der Waals surface area (Å²) < 4.78 is 11.1. The second-order valence-electron chi connectivity index (χ2n) is 5.00. The summed E-state index contributed by atoms with van der Waals surface area (Å²) in [6.07, 6.45) is 2.75. The first kappa shape index (κ1) is 13.5. The lowest BCUT2D eigenvalue weighted by Crippen LogP contribution is -2.28. The van der Waals surface area contributed by atoms with Gasteiger partial charge in [-0.25, -0.2) is 0 Å². The highest BCUT2D eigenvalue weighted by molar-refractivity contribution is 5.06. The third-order valence-corrected chi connectivity index (χ3v) is 4.22. The summed E-state index contributed by atoms with van der Waals surface area (Å²) in [5.74, 6) is 1.75. The van der Waals surface area contributed by atoms with Gasteiger partial charge in [-0.2, -0.15) is 4.98 Å². The van der Waals surface area contributed by atoms with Gasteiger partial charge >= 0.3 is 0 Å². The average Bonchev–Trinajstić information content (AvgIpc) is 3.01. The highest BCUT2D eigenvalue weighted by atomic mass is 16.5. The molecule has 1 fully saturated rings. The largest absolute Gasteiger partial charge is 0.370 e. The quantitative estimate of drug-likeness (QED) is 0.871. The Morgan fingerprint density at radius 3 is 2.67 bits per heavy atom. The Labute approximate surface area is 108 Å². The molecular formula is C13H23N3O2. The summed E-state index contributed by atoms with van der Waals surface area (Å²) in [6.45, 7) is 7.34. The van der Waals surface area contributed by atoms with Gasteiger partial charge in [0.05, 0.1) is 5.92 Å². The number of aromatic nitrogens is 2. The van der Waals surface area contributed by atoms with Crippen LogP contribution in [0.15, 0.2) is 4.52 Å². The van der Waals surface area contributed by atoms with Gasteiger partial charge in [0.1, 0.15) is 5.60 Å². The molecule has 2 heterocycles. The molecule has 102 valence electrons. The molecule has 2 atom stereocenters. The summed E-state index contributed by atoms with van der Waals surface area (Å²) in [5, 5.41) is 7.54. The molecule has 0 radical (unpaired) electrons. The standard InChI is InChI=1S/C13H23N3O2/c1-5-13(6-2,17-4)12-15-11(18-16-12)10-7-8-14-9(10)3/h9-10,14H,5-8H2,1-4H3. The van der Waals surface area contributed by atoms with Crippen LogP contribution >= 0.6 is 0 Å². The van der Waals surface area contributed by atoms with Gasteiger partial charge in [0.2, 0.25) is 11.7 Å². The van der Waals surface area contributed by atoms with E-state index >= 15 is 0 Å². The predicted molar refractivity (Wildman–Crippen MR) is 68.4 cm³/mol. The zero-order valence-electron chi connectivity index (χ0n) is 11.7. The number of hydrogen-bond acceptors (Lipinski definition) is 5. The maximum absolute atomic E-state index is 5.62. The van der Waals surface area contributed by atoms with Crippen molar-refractivity contribution in [3.63, 3.8) is 0 Å². The van der Waals surface area contributed by atoms with E-state index in [1.54, 1.807) is 7.11 Å². The third kappa shape index (κ3) is 2.17. The van der Waals surface area contributed by atoms with Gasteiger partial charge in [0.25, 0.3) is 0 Å². The molecule has 1 aromatic heterocycles. The van der Waals surface area contributed by atoms with Gasteiger partial charge in [-0.3, -0.25) is 0 Å². The van der Waals surface area contributed by atoms with Gasteiger partial charge in [0.15, 0.2) is 0 Å². The number of methoxy groups -OCH3 is 1. The van der Waals surface area contributed by atoms with Crippen LogP contribution in [0, 0.1) is 0 Å². The maximum atomic E-state index is 5.62. The molecule has 2 rings (SSSR count). The average molecular weight is 253 g/mol. The second kappa shape index (κ2) is 5.36. The van der Waals surface area contributed by atoms with E-state index in [4.69, 9.17) is 9.26 Å². The SMILES string of the molecule is CCC(CC)(OC)c1noc(C2CCNC2C)n1. The first-order chi connectivity index (χ1) is 8.66. The number of nitrogens with one attached hydrogen (secondary N) is 1. The Kier molecular flexibility index (Phi) is 4.02. The van der Waals surface area contributed by atoms with E-state index in [-0.39, 0.29) is 0 Å². The Bertz CT molecular complexity index is 379. The zero-order chi connectivity index (χ0) is 13.2. The molecule has 1 aliphatic heterocycles. The lowest BCUT2D eigenvalue weighted by Gasteiger charge is -2.26. The fourth-order valence-electron chi connectivity index (χ4n) is 2.71. The fourth-order valence-corrected chi connectivity index (χ4v) is 2.71. The van der Waals surface area contributed by atoms with Crippen LogP contribution in [0.3, 0.4) is 0 Å². The van der Waals surface area contributed by atoms with E-state index in [1.807, 2.05) is 0 Å². The highest BCUT2D eigenvalue weighted by Crippen LogP contribution is 2.33. The van der Waals surface area contributed by atoms with Gasteiger partial charge in [-0.15, -0.1) is 0 Å². The summed E-state index contributed by atoms with van der Waals surface area (Å²) >= 11 is 0. The summed E-state index contributed by atoms with van der Waals surface area (Å²) in [7, 11) is 1.71. The lowest BCUT2D eigenvalue weighted by atomic mass is 9.96. The topological polar surface area (TPSA) is 60.2 Å². The Hall–Kier alpha value is -0.940. The van der Waals surface area contributed by atoms with E-state index in [2.05, 4.69) is 36.2 Å². The second-order valence-corrected chi connectivity index (χ2v) is 5.00. The van der Waals surface area contributed by atoms with E-state index in [1.165, 1.54) is 0 Å². The molecule has 1 saturated heterocycles. The van der Waals surface area contributed by atoms with E-state index in [9.17, 15) is 0 Å². The molecule has 0 spiro atoms. The van der Waals surface area contributed by atoms with Crippen molar-refractivity contribution in [2.75, 3.05) is 13.7 Å². The van der Waals surface area contributed by atoms with Crippen molar-refractivity contribution >= 4 is 0 Å². The molecule has 18 heavy (non-hydrogen) atoms. The van der Waals surface area contributed by atoms with Crippen LogP contribution in [0.1, 0.15) is 57.7 Å². The molecule has 5 nitrogen and oxygen atoms in total. The van der Waals surface area contributed by atoms with Gasteiger partial charge in [-0.05, 0) is 32.7 Å². The summed E-state index contributed by atoms with van der Waals surface area (Å²) in [4.78, 5) is 4.58. The van der Waals surface area contributed by atoms with Crippen molar-refractivity contribution in [2.24, 2.45) is 0 Å². The minimum absolute atomic E-state index is 0.328. The minimum Gasteiger partial charge on any atom is -0.370 e. The van der Waals surface area contributed by atoms with Crippen molar-refractivity contribution in [1.82, 2.24) is 15.5 Å². The highest BCUT2D eigenvalue weighted by Gasteiger charge is 2.36. The van der Waals surface area contributed by atoms with Crippen LogP contribution in [0.2, 0.25) is 0 Å². The number of rotatable bonds is 5. The van der Waals surface area contributed by atoms with Crippen LogP contribution in [0.5, 0.6) is 0 Å². The molecule has 2 unspecified atom stereocenters. The normalized spacial score (nSPS) is 24.7. The Morgan fingerprint density at radius 1 is 1.44 bits per heavy atom. The number of ether oxygens (including phenoxy) is 1. The van der Waals surface area contributed by atoms with Gasteiger partial charge < -0.3 is 14.6 Å².